The molecule has 0 aliphatic rings. The Bertz CT molecular complexity index is 3290. The third kappa shape index (κ3) is 7.36. The van der Waals surface area contributed by atoms with Crippen LogP contribution in [0.25, 0.3) is 55.9 Å². The zero-order chi connectivity index (χ0) is 40.5. The molecular formula is C44H27F2N11O2. The number of pyridine rings is 2. The molecule has 10 rings (SSSR count). The Labute approximate surface area is 332 Å². The summed E-state index contributed by atoms with van der Waals surface area (Å²) in [5, 5.41) is 29.1. The minimum atomic E-state index is -1.32. The number of carbonyl (C=O) groups is 1. The lowest BCUT2D eigenvalue weighted by atomic mass is 10.1. The minimum absolute atomic E-state index is 0.00287. The van der Waals surface area contributed by atoms with Gasteiger partial charge >= 0.3 is 5.97 Å². The first-order valence-electron chi connectivity index (χ1n) is 18.1. The van der Waals surface area contributed by atoms with Gasteiger partial charge in [-0.1, -0.05) is 36.4 Å². The molecule has 4 aromatic carbocycles. The largest absolute Gasteiger partial charge is 0.478 e. The number of carboxylic acids is 1. The summed E-state index contributed by atoms with van der Waals surface area (Å²) in [4.78, 5) is 36.9. The maximum atomic E-state index is 14.1. The molecule has 15 heteroatoms. The Morgan fingerprint density at radius 3 is 1.61 bits per heavy atom. The number of rotatable bonds is 7. The molecule has 284 valence electrons. The lowest BCUT2D eigenvalue weighted by Crippen LogP contribution is -2.03. The fourth-order valence-electron chi connectivity index (χ4n) is 6.65. The van der Waals surface area contributed by atoms with Gasteiger partial charge in [-0.25, -0.2) is 42.5 Å². The number of hydrogen-bond acceptors (Lipinski definition) is 10. The summed E-state index contributed by atoms with van der Waals surface area (Å²) >= 11 is 0. The van der Waals surface area contributed by atoms with Gasteiger partial charge in [-0.3, -0.25) is 9.97 Å². The highest BCUT2D eigenvalue weighted by atomic mass is 19.1. The van der Waals surface area contributed by atoms with E-state index < -0.39 is 17.6 Å². The highest BCUT2D eigenvalue weighted by Gasteiger charge is 2.15. The van der Waals surface area contributed by atoms with Crippen molar-refractivity contribution < 1.29 is 18.7 Å². The summed E-state index contributed by atoms with van der Waals surface area (Å²) in [5.74, 6) is -1.82. The number of benzene rings is 4. The molecule has 1 N–H and O–H groups in total. The second-order valence-corrected chi connectivity index (χ2v) is 13.4. The number of aromatic nitrogens is 10. The normalized spacial score (nSPS) is 11.1. The standard InChI is InChI=1S/C22H13FN6.C22H14FN5O2/c23-19-10-16(4-5-17(19)11-24)21-13-27-22-26-12-18(29(22)28-21)9-14-3-6-20-15(8-14)2-1-7-25-20;23-18-10-15(4-5-17(18)21(29)30)20-12-26-22-25-11-16(28(22)27-20)9-13-3-6-19-14(8-13)2-1-7-24-19/h1-8,10,12-13H,9H2;1-8,10-12H,9H2,(H,29,30). The second-order valence-electron chi connectivity index (χ2n) is 13.4. The van der Waals surface area contributed by atoms with Crippen molar-refractivity contribution >= 4 is 39.3 Å². The van der Waals surface area contributed by atoms with E-state index in [1.54, 1.807) is 46.1 Å². The van der Waals surface area contributed by atoms with E-state index in [4.69, 9.17) is 10.4 Å². The quantitative estimate of drug-likeness (QED) is 0.168. The maximum absolute atomic E-state index is 14.1. The maximum Gasteiger partial charge on any atom is 0.338 e. The molecule has 0 radical (unpaired) electrons. The number of nitriles is 1. The molecule has 0 unspecified atom stereocenters. The van der Waals surface area contributed by atoms with Gasteiger partial charge in [-0.15, -0.1) is 0 Å². The summed E-state index contributed by atoms with van der Waals surface area (Å²) < 4.78 is 31.4. The van der Waals surface area contributed by atoms with Crippen LogP contribution in [0.4, 0.5) is 8.78 Å². The molecule has 6 aromatic heterocycles. The van der Waals surface area contributed by atoms with Crippen molar-refractivity contribution in [1.82, 2.24) is 49.1 Å². The number of fused-ring (bicyclic) bond motifs is 4. The Hall–Kier alpha value is -8.38. The molecule has 0 spiro atoms. The number of nitrogens with zero attached hydrogens (tertiary/aromatic N) is 11. The smallest absolute Gasteiger partial charge is 0.338 e. The van der Waals surface area contributed by atoms with Crippen molar-refractivity contribution in [2.45, 2.75) is 12.8 Å². The second kappa shape index (κ2) is 15.3. The number of hydrogen-bond donors (Lipinski definition) is 1. The molecule has 0 amide bonds. The van der Waals surface area contributed by atoms with Crippen molar-refractivity contribution in [3.63, 3.8) is 0 Å². The average molecular weight is 780 g/mol. The average Bonchev–Trinajstić information content (AvgIpc) is 3.86. The van der Waals surface area contributed by atoms with E-state index in [-0.39, 0.29) is 11.1 Å². The van der Waals surface area contributed by atoms with Crippen molar-refractivity contribution in [1.29, 1.82) is 5.26 Å². The SMILES string of the molecule is N#Cc1ccc(-c2cnc3ncc(Cc4ccc5ncccc5c4)n3n2)cc1F.O=C(O)c1ccc(-c2cnc3ncc(Cc4ccc5ncccc5c4)n3n2)cc1F. The highest BCUT2D eigenvalue weighted by molar-refractivity contribution is 5.88. The van der Waals surface area contributed by atoms with Crippen LogP contribution >= 0.6 is 0 Å². The van der Waals surface area contributed by atoms with E-state index in [1.165, 1.54) is 30.5 Å². The summed E-state index contributed by atoms with van der Waals surface area (Å²) in [5.41, 5.74) is 7.24. The van der Waals surface area contributed by atoms with Crippen LogP contribution in [0.2, 0.25) is 0 Å². The number of aromatic carboxylic acids is 1. The van der Waals surface area contributed by atoms with Crippen LogP contribution in [0, 0.1) is 23.0 Å². The minimum Gasteiger partial charge on any atom is -0.478 e. The van der Waals surface area contributed by atoms with Crippen LogP contribution in [0.1, 0.15) is 38.4 Å². The van der Waals surface area contributed by atoms with Crippen LogP contribution < -0.4 is 0 Å². The van der Waals surface area contributed by atoms with Crippen LogP contribution in [0.3, 0.4) is 0 Å². The predicted octanol–water partition coefficient (Wildman–Crippen LogP) is 7.71. The Morgan fingerprint density at radius 2 is 1.12 bits per heavy atom. The third-order valence-corrected chi connectivity index (χ3v) is 9.59. The van der Waals surface area contributed by atoms with Crippen molar-refractivity contribution in [2.75, 3.05) is 0 Å². The van der Waals surface area contributed by atoms with Gasteiger partial charge < -0.3 is 5.11 Å². The molecule has 0 bridgehead atoms. The van der Waals surface area contributed by atoms with Gasteiger partial charge in [0.2, 0.25) is 0 Å². The topological polar surface area (TPSA) is 173 Å². The van der Waals surface area contributed by atoms with E-state index in [1.807, 2.05) is 54.6 Å². The molecule has 0 aliphatic heterocycles. The Balaban J connectivity index is 0.000000152. The molecule has 0 saturated heterocycles. The molecule has 13 nitrogen and oxygen atoms in total. The van der Waals surface area contributed by atoms with Gasteiger partial charge in [-0.05, 0) is 71.8 Å². The Morgan fingerprint density at radius 1 is 0.610 bits per heavy atom. The first-order chi connectivity index (χ1) is 28.8. The molecule has 0 aliphatic carbocycles. The van der Waals surface area contributed by atoms with Gasteiger partial charge in [0, 0.05) is 47.1 Å². The van der Waals surface area contributed by atoms with E-state index in [2.05, 4.69) is 52.2 Å². The third-order valence-electron chi connectivity index (χ3n) is 9.59. The van der Waals surface area contributed by atoms with Gasteiger partial charge in [0.25, 0.3) is 11.6 Å². The Kier molecular flexibility index (Phi) is 9.39. The van der Waals surface area contributed by atoms with Crippen molar-refractivity contribution in [2.24, 2.45) is 0 Å². The summed E-state index contributed by atoms with van der Waals surface area (Å²) in [7, 11) is 0. The molecule has 0 atom stereocenters. The van der Waals surface area contributed by atoms with E-state index in [0.717, 1.165) is 50.4 Å². The summed E-state index contributed by atoms with van der Waals surface area (Å²) in [6, 6.07) is 30.1. The highest BCUT2D eigenvalue weighted by Crippen LogP contribution is 2.23. The zero-order valence-electron chi connectivity index (χ0n) is 30.6. The van der Waals surface area contributed by atoms with Crippen LogP contribution in [0.5, 0.6) is 0 Å². The monoisotopic (exact) mass is 779 g/mol. The van der Waals surface area contributed by atoms with Crippen LogP contribution in [-0.2, 0) is 12.8 Å². The fourth-order valence-corrected chi connectivity index (χ4v) is 6.65. The van der Waals surface area contributed by atoms with Crippen molar-refractivity contribution in [3.8, 4) is 28.6 Å². The fraction of sp³-hybridized carbons (Fsp3) is 0.0455. The first-order valence-corrected chi connectivity index (χ1v) is 18.1. The van der Waals surface area contributed by atoms with E-state index in [9.17, 15) is 13.6 Å². The molecule has 10 aromatic rings. The molecule has 59 heavy (non-hydrogen) atoms. The first kappa shape index (κ1) is 36.3. The van der Waals surface area contributed by atoms with Gasteiger partial charge in [0.1, 0.15) is 29.1 Å². The van der Waals surface area contributed by atoms with E-state index >= 15 is 0 Å². The lowest BCUT2D eigenvalue weighted by molar-refractivity contribution is 0.0692. The zero-order valence-corrected chi connectivity index (χ0v) is 30.6. The number of carboxylic acid groups (broad SMARTS) is 1. The summed E-state index contributed by atoms with van der Waals surface area (Å²) in [6.45, 7) is 0. The van der Waals surface area contributed by atoms with Crippen LogP contribution in [0.15, 0.2) is 134 Å². The number of imidazole rings is 2. The number of halogens is 2. The van der Waals surface area contributed by atoms with Crippen molar-refractivity contribution in [3.05, 3.63) is 180 Å². The lowest BCUT2D eigenvalue weighted by Gasteiger charge is -2.06. The molecule has 0 fully saturated rings. The van der Waals surface area contributed by atoms with Gasteiger partial charge in [-0.2, -0.15) is 15.5 Å². The summed E-state index contributed by atoms with van der Waals surface area (Å²) in [6.07, 6.45) is 11.2. The van der Waals surface area contributed by atoms with Gasteiger partial charge in [0.05, 0.1) is 58.3 Å². The predicted molar refractivity (Wildman–Crippen MR) is 213 cm³/mol. The molecular weight excluding hydrogens is 753 g/mol. The molecule has 6 heterocycles. The molecule has 0 saturated carbocycles. The van der Waals surface area contributed by atoms with Crippen LogP contribution in [-0.4, -0.2) is 60.2 Å². The van der Waals surface area contributed by atoms with E-state index in [0.29, 0.717) is 46.9 Å². The van der Waals surface area contributed by atoms with Gasteiger partial charge in [0.15, 0.2) is 0 Å².